The highest BCUT2D eigenvalue weighted by atomic mass is 19.2. The van der Waals surface area contributed by atoms with Crippen molar-refractivity contribution < 1.29 is 13.2 Å². The molecule has 94 valence electrons. The van der Waals surface area contributed by atoms with Crippen molar-refractivity contribution in [3.63, 3.8) is 0 Å². The molecule has 0 radical (unpaired) electrons. The van der Waals surface area contributed by atoms with E-state index in [1.54, 1.807) is 0 Å². The zero-order valence-electron chi connectivity index (χ0n) is 9.22. The molecule has 0 unspecified atom stereocenters. The molecular formula is C11H8F3N3O. The van der Waals surface area contributed by atoms with Gasteiger partial charge in [0.1, 0.15) is 11.6 Å². The predicted octanol–water partition coefficient (Wildman–Crippen LogP) is 1.74. The number of rotatable bonds is 1. The maximum absolute atomic E-state index is 13.0. The van der Waals surface area contributed by atoms with Crippen molar-refractivity contribution in [1.82, 2.24) is 9.97 Å². The molecule has 2 rings (SSSR count). The molecule has 2 aromatic rings. The van der Waals surface area contributed by atoms with Crippen LogP contribution < -0.4 is 11.3 Å². The number of aromatic amines is 1. The van der Waals surface area contributed by atoms with Crippen LogP contribution in [0.25, 0.3) is 11.4 Å². The molecule has 0 bridgehead atoms. The fourth-order valence-electron chi connectivity index (χ4n) is 1.38. The van der Waals surface area contributed by atoms with Gasteiger partial charge < -0.3 is 10.7 Å². The van der Waals surface area contributed by atoms with Gasteiger partial charge >= 0.3 is 0 Å². The lowest BCUT2D eigenvalue weighted by Gasteiger charge is -2.05. The molecule has 0 saturated carbocycles. The van der Waals surface area contributed by atoms with Crippen molar-refractivity contribution in [3.8, 4) is 11.4 Å². The number of aromatic nitrogens is 2. The molecule has 0 atom stereocenters. The van der Waals surface area contributed by atoms with Gasteiger partial charge in [0.25, 0.3) is 5.56 Å². The summed E-state index contributed by atoms with van der Waals surface area (Å²) in [6, 6.07) is 1.46. The van der Waals surface area contributed by atoms with E-state index in [0.717, 1.165) is 12.1 Å². The van der Waals surface area contributed by atoms with Crippen LogP contribution in [0.4, 0.5) is 19.0 Å². The lowest BCUT2D eigenvalue weighted by atomic mass is 10.2. The summed E-state index contributed by atoms with van der Waals surface area (Å²) in [7, 11) is 0. The summed E-state index contributed by atoms with van der Waals surface area (Å²) in [5, 5.41) is 0. The van der Waals surface area contributed by atoms with Crippen LogP contribution in [0.2, 0.25) is 0 Å². The average molecular weight is 255 g/mol. The first kappa shape index (κ1) is 12.2. The number of nitrogen functional groups attached to an aromatic ring is 1. The second-order valence-corrected chi connectivity index (χ2v) is 3.68. The number of nitrogens with one attached hydrogen (secondary N) is 1. The maximum atomic E-state index is 13.0. The van der Waals surface area contributed by atoms with E-state index in [1.807, 2.05) is 0 Å². The third-order valence-electron chi connectivity index (χ3n) is 2.45. The first-order chi connectivity index (χ1) is 8.40. The van der Waals surface area contributed by atoms with Crippen molar-refractivity contribution in [1.29, 1.82) is 0 Å². The smallest absolute Gasteiger partial charge is 0.256 e. The predicted molar refractivity (Wildman–Crippen MR) is 59.3 cm³/mol. The quantitative estimate of drug-likeness (QED) is 0.762. The van der Waals surface area contributed by atoms with Crippen LogP contribution in [0.3, 0.4) is 0 Å². The number of hydrogen-bond donors (Lipinski definition) is 2. The summed E-state index contributed by atoms with van der Waals surface area (Å²) < 4.78 is 38.9. The molecule has 0 saturated heterocycles. The van der Waals surface area contributed by atoms with Crippen LogP contribution in [-0.2, 0) is 0 Å². The van der Waals surface area contributed by atoms with Crippen molar-refractivity contribution in [2.24, 2.45) is 0 Å². The van der Waals surface area contributed by atoms with E-state index >= 15 is 0 Å². The number of benzene rings is 1. The number of anilines is 1. The molecule has 18 heavy (non-hydrogen) atoms. The molecule has 0 fully saturated rings. The molecule has 3 N–H and O–H groups in total. The van der Waals surface area contributed by atoms with Crippen LogP contribution >= 0.6 is 0 Å². The average Bonchev–Trinajstić information content (AvgIpc) is 2.31. The minimum atomic E-state index is -1.58. The Hall–Kier alpha value is -2.31. The number of H-pyrrole nitrogens is 1. The minimum Gasteiger partial charge on any atom is -0.383 e. The van der Waals surface area contributed by atoms with Gasteiger partial charge in [-0.05, 0) is 19.1 Å². The molecule has 7 heteroatoms. The van der Waals surface area contributed by atoms with Gasteiger partial charge in [-0.1, -0.05) is 0 Å². The Morgan fingerprint density at radius 3 is 2.28 bits per heavy atom. The van der Waals surface area contributed by atoms with Crippen LogP contribution in [-0.4, -0.2) is 9.97 Å². The molecule has 1 aromatic carbocycles. The van der Waals surface area contributed by atoms with Gasteiger partial charge in [0.05, 0.1) is 5.56 Å². The molecule has 0 aliphatic rings. The lowest BCUT2D eigenvalue weighted by Crippen LogP contribution is -2.15. The van der Waals surface area contributed by atoms with E-state index in [9.17, 15) is 18.0 Å². The molecule has 0 amide bonds. The van der Waals surface area contributed by atoms with Crippen molar-refractivity contribution >= 4 is 5.82 Å². The van der Waals surface area contributed by atoms with Gasteiger partial charge in [0, 0.05) is 5.56 Å². The highest BCUT2D eigenvalue weighted by Gasteiger charge is 2.14. The Labute approximate surface area is 99.3 Å². The van der Waals surface area contributed by atoms with Crippen LogP contribution in [0.15, 0.2) is 16.9 Å². The highest BCUT2D eigenvalue weighted by molar-refractivity contribution is 5.57. The first-order valence-electron chi connectivity index (χ1n) is 4.91. The van der Waals surface area contributed by atoms with E-state index in [1.165, 1.54) is 6.92 Å². The normalized spacial score (nSPS) is 10.7. The zero-order valence-corrected chi connectivity index (χ0v) is 9.22. The Balaban J connectivity index is 2.66. The molecule has 1 aromatic heterocycles. The topological polar surface area (TPSA) is 71.8 Å². The van der Waals surface area contributed by atoms with E-state index in [-0.39, 0.29) is 22.8 Å². The summed E-state index contributed by atoms with van der Waals surface area (Å²) in [5.74, 6) is -4.50. The van der Waals surface area contributed by atoms with Crippen molar-refractivity contribution in [2.75, 3.05) is 5.73 Å². The summed E-state index contributed by atoms with van der Waals surface area (Å²) in [5.41, 5.74) is 5.04. The van der Waals surface area contributed by atoms with E-state index in [0.29, 0.717) is 0 Å². The van der Waals surface area contributed by atoms with Gasteiger partial charge in [-0.25, -0.2) is 18.2 Å². The van der Waals surface area contributed by atoms with Gasteiger partial charge in [0.15, 0.2) is 17.5 Å². The molecular weight excluding hydrogens is 247 g/mol. The molecule has 0 aliphatic heterocycles. The number of hydrogen-bond acceptors (Lipinski definition) is 3. The minimum absolute atomic E-state index is 0.0566. The summed E-state index contributed by atoms with van der Waals surface area (Å²) in [6.45, 7) is 1.46. The fraction of sp³-hybridized carbons (Fsp3) is 0.0909. The Bertz CT molecular complexity index is 659. The van der Waals surface area contributed by atoms with Gasteiger partial charge in [-0.2, -0.15) is 0 Å². The van der Waals surface area contributed by atoms with Gasteiger partial charge in [-0.15, -0.1) is 0 Å². The zero-order chi connectivity index (χ0) is 13.4. The van der Waals surface area contributed by atoms with Crippen LogP contribution in [0.1, 0.15) is 5.56 Å². The van der Waals surface area contributed by atoms with E-state index in [4.69, 9.17) is 5.73 Å². The lowest BCUT2D eigenvalue weighted by molar-refractivity contribution is 0.447. The summed E-state index contributed by atoms with van der Waals surface area (Å²) in [6.07, 6.45) is 0. The summed E-state index contributed by atoms with van der Waals surface area (Å²) in [4.78, 5) is 17.5. The van der Waals surface area contributed by atoms with Crippen LogP contribution in [0.5, 0.6) is 0 Å². The standard InChI is InChI=1S/C11H8F3N3O/c1-4-9(15)16-10(17-11(4)18)5-2-6(12)8(14)7(13)3-5/h2-3H,1H3,(H3,15,16,17,18). The van der Waals surface area contributed by atoms with Crippen molar-refractivity contribution in [2.45, 2.75) is 6.92 Å². The first-order valence-corrected chi connectivity index (χ1v) is 4.91. The molecule has 0 spiro atoms. The summed E-state index contributed by atoms with van der Waals surface area (Å²) >= 11 is 0. The van der Waals surface area contributed by atoms with Gasteiger partial charge in [-0.3, -0.25) is 4.79 Å². The highest BCUT2D eigenvalue weighted by Crippen LogP contribution is 2.21. The molecule has 1 heterocycles. The van der Waals surface area contributed by atoms with Gasteiger partial charge in [0.2, 0.25) is 0 Å². The third-order valence-corrected chi connectivity index (χ3v) is 2.45. The molecule has 0 aliphatic carbocycles. The molecule has 4 nitrogen and oxygen atoms in total. The van der Waals surface area contributed by atoms with E-state index < -0.39 is 23.0 Å². The SMILES string of the molecule is Cc1c(N)nc(-c2cc(F)c(F)c(F)c2)[nH]c1=O. The second-order valence-electron chi connectivity index (χ2n) is 3.68. The van der Waals surface area contributed by atoms with E-state index in [2.05, 4.69) is 9.97 Å². The Morgan fingerprint density at radius 2 is 1.78 bits per heavy atom. The van der Waals surface area contributed by atoms with Crippen molar-refractivity contribution in [3.05, 3.63) is 45.5 Å². The fourth-order valence-corrected chi connectivity index (χ4v) is 1.38. The van der Waals surface area contributed by atoms with Crippen LogP contribution in [0, 0.1) is 24.4 Å². The number of nitrogens with zero attached hydrogens (tertiary/aromatic N) is 1. The largest absolute Gasteiger partial charge is 0.383 e. The monoisotopic (exact) mass is 255 g/mol. The Kier molecular flexibility index (Phi) is 2.82. The second kappa shape index (κ2) is 4.17. The maximum Gasteiger partial charge on any atom is 0.256 e. The number of halogens is 3. The third kappa shape index (κ3) is 1.94. The Morgan fingerprint density at radius 1 is 1.22 bits per heavy atom. The number of nitrogens with two attached hydrogens (primary N) is 1.